The lowest BCUT2D eigenvalue weighted by Crippen LogP contribution is -2.17. The van der Waals surface area contributed by atoms with Crippen molar-refractivity contribution in [3.63, 3.8) is 0 Å². The van der Waals surface area contributed by atoms with Crippen LogP contribution in [0.4, 0.5) is 5.69 Å². The van der Waals surface area contributed by atoms with Gasteiger partial charge in [0.1, 0.15) is 9.88 Å². The minimum Gasteiger partial charge on any atom is -0.350 e. The first-order valence-corrected chi connectivity index (χ1v) is 6.13. The highest BCUT2D eigenvalue weighted by molar-refractivity contribution is 7.16. The van der Waals surface area contributed by atoms with E-state index in [2.05, 4.69) is 4.98 Å². The predicted octanol–water partition coefficient (Wildman–Crippen LogP) is 1.58. The Bertz CT molecular complexity index is 989. The van der Waals surface area contributed by atoms with Gasteiger partial charge in [0.25, 0.3) is 5.43 Å². The summed E-state index contributed by atoms with van der Waals surface area (Å²) in [7, 11) is 0. The van der Waals surface area contributed by atoms with Crippen molar-refractivity contribution in [3.8, 4) is 0 Å². The second-order valence-corrected chi connectivity index (χ2v) is 4.96. The number of nitrogens with one attached hydrogen (secondary N) is 1. The molecule has 6 nitrogen and oxygen atoms in total. The van der Waals surface area contributed by atoms with Gasteiger partial charge in [-0.15, -0.1) is 11.3 Å². The summed E-state index contributed by atoms with van der Waals surface area (Å²) in [5, 5.41) is 10.7. The number of benzene rings is 1. The molecule has 0 fully saturated rings. The normalized spacial score (nSPS) is 10.9. The maximum atomic E-state index is 12.0. The highest BCUT2D eigenvalue weighted by Gasteiger charge is 2.16. The molecule has 1 heterocycles. The van der Waals surface area contributed by atoms with E-state index in [0.29, 0.717) is 5.52 Å². The highest BCUT2D eigenvalue weighted by Crippen LogP contribution is 2.16. The second-order valence-electron chi connectivity index (χ2n) is 3.91. The van der Waals surface area contributed by atoms with Crippen LogP contribution < -0.4 is 10.9 Å². The Morgan fingerprint density at radius 3 is 2.68 bits per heavy atom. The molecule has 0 saturated carbocycles. The van der Waals surface area contributed by atoms with Gasteiger partial charge in [-0.2, -0.15) is 0 Å². The average Bonchev–Trinajstić information content (AvgIpc) is 2.41. The van der Waals surface area contributed by atoms with Crippen LogP contribution >= 0.6 is 11.3 Å². The molecule has 0 saturated heterocycles. The Hall–Kier alpha value is -2.54. The van der Waals surface area contributed by atoms with Crippen molar-refractivity contribution in [1.82, 2.24) is 4.98 Å². The van der Waals surface area contributed by atoms with Crippen LogP contribution in [-0.4, -0.2) is 9.91 Å². The van der Waals surface area contributed by atoms with Gasteiger partial charge >= 0.3 is 5.69 Å². The van der Waals surface area contributed by atoms with E-state index in [9.17, 15) is 19.7 Å². The number of hydrogen-bond donors (Lipinski definition) is 1. The fourth-order valence-corrected chi connectivity index (χ4v) is 2.86. The van der Waals surface area contributed by atoms with E-state index < -0.39 is 21.5 Å². The number of rotatable bonds is 1. The molecule has 0 unspecified atom stereocenters. The highest BCUT2D eigenvalue weighted by atomic mass is 32.1. The van der Waals surface area contributed by atoms with Crippen LogP contribution in [0.15, 0.2) is 39.9 Å². The number of para-hydroxylation sites is 1. The molecule has 1 aromatic carbocycles. The van der Waals surface area contributed by atoms with Crippen LogP contribution in [-0.2, 0) is 0 Å². The lowest BCUT2D eigenvalue weighted by molar-refractivity contribution is -0.386. The molecule has 1 aliphatic carbocycles. The molecule has 0 spiro atoms. The molecule has 7 heteroatoms. The summed E-state index contributed by atoms with van der Waals surface area (Å²) < 4.78 is 1.01. The van der Waals surface area contributed by atoms with Crippen LogP contribution in [0, 0.1) is 20.0 Å². The Kier molecular flexibility index (Phi) is 2.42. The lowest BCUT2D eigenvalue weighted by atomic mass is 10.3. The van der Waals surface area contributed by atoms with E-state index in [1.54, 1.807) is 18.2 Å². The third-order valence-corrected chi connectivity index (χ3v) is 3.92. The van der Waals surface area contributed by atoms with Crippen LogP contribution in [0.3, 0.4) is 0 Å². The zero-order valence-corrected chi connectivity index (χ0v) is 10.2. The third kappa shape index (κ3) is 1.71. The van der Waals surface area contributed by atoms with E-state index in [4.69, 9.17) is 0 Å². The van der Waals surface area contributed by atoms with Gasteiger partial charge in [0.2, 0.25) is 5.43 Å². The molecule has 0 radical (unpaired) electrons. The van der Waals surface area contributed by atoms with Crippen molar-refractivity contribution in [2.45, 2.75) is 0 Å². The quantitative estimate of drug-likeness (QED) is 0.538. The number of nitrogens with zero attached hydrogens (tertiary/aromatic N) is 1. The maximum absolute atomic E-state index is 12.0. The molecule has 0 aromatic heterocycles. The molecule has 1 aliphatic heterocycles. The molecular formula is C12H6N2O4S. The number of nitro groups is 1. The second kappa shape index (κ2) is 3.99. The summed E-state index contributed by atoms with van der Waals surface area (Å²) in [6, 6.07) is 7.92. The van der Waals surface area contributed by atoms with E-state index in [1.165, 1.54) is 0 Å². The third-order valence-electron chi connectivity index (χ3n) is 2.73. The van der Waals surface area contributed by atoms with E-state index in [-0.39, 0.29) is 9.88 Å². The summed E-state index contributed by atoms with van der Waals surface area (Å²) in [5.41, 5.74) is -1.32. The number of H-pyrrole nitrogens is 1. The first kappa shape index (κ1) is 11.5. The molecule has 1 aromatic rings. The van der Waals surface area contributed by atoms with Crippen LogP contribution in [0.5, 0.6) is 0 Å². The van der Waals surface area contributed by atoms with Crippen molar-refractivity contribution >= 4 is 27.2 Å². The Balaban J connectivity index is 2.65. The zero-order valence-electron chi connectivity index (χ0n) is 9.38. The average molecular weight is 274 g/mol. The molecule has 1 N–H and O–H groups in total. The Morgan fingerprint density at radius 1 is 1.21 bits per heavy atom. The van der Waals surface area contributed by atoms with E-state index in [1.807, 2.05) is 6.07 Å². The van der Waals surface area contributed by atoms with Gasteiger partial charge in [0.05, 0.1) is 21.2 Å². The molecule has 0 bridgehead atoms. The molecule has 19 heavy (non-hydrogen) atoms. The van der Waals surface area contributed by atoms with Gasteiger partial charge in [0, 0.05) is 0 Å². The van der Waals surface area contributed by atoms with E-state index in [0.717, 1.165) is 22.1 Å². The SMILES string of the molecule is O=c1cc([N+](=O)[O-])c(=O)c2[nH]c3ccccc3sc1=2. The standard InChI is InChI=1S/C12H6N2O4S/c15-8-5-7(14(17)18)11(16)10-12(8)19-9-4-2-1-3-6(9)13-10/h1-5,13H. The summed E-state index contributed by atoms with van der Waals surface area (Å²) in [4.78, 5) is 36.5. The van der Waals surface area contributed by atoms with Crippen molar-refractivity contribution in [1.29, 1.82) is 0 Å². The van der Waals surface area contributed by atoms with Gasteiger partial charge in [-0.25, -0.2) is 0 Å². The molecule has 94 valence electrons. The van der Waals surface area contributed by atoms with E-state index >= 15 is 0 Å². The van der Waals surface area contributed by atoms with Crippen molar-refractivity contribution in [2.75, 3.05) is 0 Å². The van der Waals surface area contributed by atoms with Crippen LogP contribution in [0.2, 0.25) is 0 Å². The number of aromatic nitrogens is 1. The summed E-state index contributed by atoms with van der Waals surface area (Å²) in [5.74, 6) is 0. The lowest BCUT2D eigenvalue weighted by Gasteiger charge is -1.98. The van der Waals surface area contributed by atoms with Gasteiger partial charge < -0.3 is 4.98 Å². The first-order chi connectivity index (χ1) is 9.08. The van der Waals surface area contributed by atoms with Crippen molar-refractivity contribution in [3.05, 3.63) is 70.8 Å². The Morgan fingerprint density at radius 2 is 1.95 bits per heavy atom. The number of fused-ring (bicyclic) bond motifs is 1. The molecule has 2 aliphatic rings. The number of hydrogen-bond acceptors (Lipinski definition) is 5. The Labute approximate surface area is 108 Å². The predicted molar refractivity (Wildman–Crippen MR) is 70.7 cm³/mol. The fourth-order valence-electron chi connectivity index (χ4n) is 1.86. The van der Waals surface area contributed by atoms with Crippen LogP contribution in [0.25, 0.3) is 10.2 Å². The van der Waals surface area contributed by atoms with Gasteiger partial charge in [-0.3, -0.25) is 19.7 Å². The molecule has 0 atom stereocenters. The maximum Gasteiger partial charge on any atom is 0.322 e. The fraction of sp³-hybridized carbons (Fsp3) is 0. The van der Waals surface area contributed by atoms with Crippen molar-refractivity contribution in [2.24, 2.45) is 0 Å². The minimum absolute atomic E-state index is 0.0112. The monoisotopic (exact) mass is 274 g/mol. The topological polar surface area (TPSA) is 93.1 Å². The summed E-state index contributed by atoms with van der Waals surface area (Å²) >= 11 is 1.15. The van der Waals surface area contributed by atoms with Gasteiger partial charge in [-0.05, 0) is 12.1 Å². The molecular weight excluding hydrogens is 268 g/mol. The van der Waals surface area contributed by atoms with Gasteiger partial charge in [0.15, 0.2) is 0 Å². The first-order valence-electron chi connectivity index (χ1n) is 5.31. The molecule has 3 rings (SSSR count). The largest absolute Gasteiger partial charge is 0.350 e. The molecule has 0 amide bonds. The zero-order chi connectivity index (χ0) is 13.6. The minimum atomic E-state index is -0.836. The smallest absolute Gasteiger partial charge is 0.322 e. The summed E-state index contributed by atoms with van der Waals surface area (Å²) in [6.45, 7) is 0. The summed E-state index contributed by atoms with van der Waals surface area (Å²) in [6.07, 6.45) is 0. The van der Waals surface area contributed by atoms with Crippen LogP contribution in [0.1, 0.15) is 0 Å². The van der Waals surface area contributed by atoms with Crippen molar-refractivity contribution < 1.29 is 4.92 Å². The number of aromatic amines is 1. The van der Waals surface area contributed by atoms with Gasteiger partial charge in [-0.1, -0.05) is 12.1 Å².